The number of piperidine rings is 1. The molecule has 10 nitrogen and oxygen atoms in total. The third-order valence-corrected chi connectivity index (χ3v) is 8.89. The van der Waals surface area contributed by atoms with Crippen molar-refractivity contribution in [2.75, 3.05) is 38.9 Å². The second kappa shape index (κ2) is 11.9. The number of methoxy groups -OCH3 is 1. The van der Waals surface area contributed by atoms with E-state index in [1.54, 1.807) is 25.4 Å². The van der Waals surface area contributed by atoms with E-state index in [-0.39, 0.29) is 24.0 Å². The van der Waals surface area contributed by atoms with E-state index >= 15 is 0 Å². The van der Waals surface area contributed by atoms with Crippen LogP contribution in [0.5, 0.6) is 5.75 Å². The summed E-state index contributed by atoms with van der Waals surface area (Å²) in [6, 6.07) is 17.2. The second-order valence-electron chi connectivity index (χ2n) is 11.7. The van der Waals surface area contributed by atoms with Gasteiger partial charge in [-0.25, -0.2) is 0 Å². The minimum atomic E-state index is -0.417. The Hall–Kier alpha value is -4.43. The lowest BCUT2D eigenvalue weighted by atomic mass is 9.91. The molecular weight excluding hydrogens is 560 g/mol. The Morgan fingerprint density at radius 1 is 1.05 bits per heavy atom. The predicted molar refractivity (Wildman–Crippen MR) is 163 cm³/mol. The van der Waals surface area contributed by atoms with Crippen molar-refractivity contribution >= 4 is 22.7 Å². The number of hydrogen-bond donors (Lipinski definition) is 2. The van der Waals surface area contributed by atoms with Gasteiger partial charge in [0.25, 0.3) is 5.91 Å². The molecule has 2 atom stereocenters. The Bertz CT molecular complexity index is 1730. The SMILES string of the molecule is COc1cc(C(=O)N2C3COCC2CC(O)C3)ccc1-c1cc2nccc(-c3ccc(NC4CCOCC4)c(C#N)c3)c2o1. The number of amides is 1. The maximum Gasteiger partial charge on any atom is 0.254 e. The van der Waals surface area contributed by atoms with Gasteiger partial charge in [0.2, 0.25) is 0 Å². The van der Waals surface area contributed by atoms with Gasteiger partial charge in [-0.3, -0.25) is 9.78 Å². The molecule has 1 amide bonds. The molecule has 2 bridgehead atoms. The Kier molecular flexibility index (Phi) is 7.68. The summed E-state index contributed by atoms with van der Waals surface area (Å²) in [6.45, 7) is 2.29. The molecule has 4 aromatic rings. The number of ether oxygens (including phenoxy) is 3. The number of morpholine rings is 1. The fourth-order valence-electron chi connectivity index (χ4n) is 6.69. The van der Waals surface area contributed by atoms with Gasteiger partial charge in [-0.1, -0.05) is 6.07 Å². The van der Waals surface area contributed by atoms with Gasteiger partial charge in [-0.2, -0.15) is 5.26 Å². The average Bonchev–Trinajstić information content (AvgIpc) is 3.49. The van der Waals surface area contributed by atoms with Gasteiger partial charge in [-0.05, 0) is 67.6 Å². The molecule has 0 saturated carbocycles. The van der Waals surface area contributed by atoms with Crippen LogP contribution in [0.1, 0.15) is 41.6 Å². The van der Waals surface area contributed by atoms with E-state index in [1.807, 2.05) is 41.3 Å². The van der Waals surface area contributed by atoms with Gasteiger partial charge < -0.3 is 34.0 Å². The summed E-state index contributed by atoms with van der Waals surface area (Å²) in [5.74, 6) is 0.961. The van der Waals surface area contributed by atoms with Crippen LogP contribution in [0, 0.1) is 11.3 Å². The molecular formula is C34H34N4O6. The fourth-order valence-corrected chi connectivity index (χ4v) is 6.69. The molecule has 0 spiro atoms. The molecule has 3 aliphatic rings. The number of carbonyl (C=O) groups is 1. The Labute approximate surface area is 255 Å². The molecule has 10 heteroatoms. The zero-order valence-corrected chi connectivity index (χ0v) is 24.5. The van der Waals surface area contributed by atoms with Crippen molar-refractivity contribution in [2.45, 2.75) is 49.9 Å². The van der Waals surface area contributed by atoms with Gasteiger partial charge in [-0.15, -0.1) is 0 Å². The first-order chi connectivity index (χ1) is 21.5. The van der Waals surface area contributed by atoms with Crippen molar-refractivity contribution in [3.05, 3.63) is 65.9 Å². The maximum atomic E-state index is 13.6. The summed E-state index contributed by atoms with van der Waals surface area (Å²) in [5.41, 5.74) is 5.51. The van der Waals surface area contributed by atoms with E-state index in [0.717, 1.165) is 42.9 Å². The average molecular weight is 595 g/mol. The highest BCUT2D eigenvalue weighted by Crippen LogP contribution is 2.39. The molecule has 0 aliphatic carbocycles. The molecule has 0 radical (unpaired) electrons. The highest BCUT2D eigenvalue weighted by Gasteiger charge is 2.41. The van der Waals surface area contributed by atoms with Crippen LogP contribution >= 0.6 is 0 Å². The topological polar surface area (TPSA) is 130 Å². The number of anilines is 1. The molecule has 3 saturated heterocycles. The third-order valence-electron chi connectivity index (χ3n) is 8.89. The highest BCUT2D eigenvalue weighted by atomic mass is 16.5. The minimum Gasteiger partial charge on any atom is -0.496 e. The maximum absolute atomic E-state index is 13.6. The third kappa shape index (κ3) is 5.28. The van der Waals surface area contributed by atoms with Crippen LogP contribution in [-0.2, 0) is 9.47 Å². The first-order valence-electron chi connectivity index (χ1n) is 15.1. The predicted octanol–water partition coefficient (Wildman–Crippen LogP) is 5.00. The summed E-state index contributed by atoms with van der Waals surface area (Å²) >= 11 is 0. The molecule has 44 heavy (non-hydrogen) atoms. The van der Waals surface area contributed by atoms with Crippen molar-refractivity contribution < 1.29 is 28.5 Å². The van der Waals surface area contributed by atoms with Crippen molar-refractivity contribution in [1.82, 2.24) is 9.88 Å². The van der Waals surface area contributed by atoms with E-state index < -0.39 is 6.10 Å². The number of fused-ring (bicyclic) bond motifs is 3. The summed E-state index contributed by atoms with van der Waals surface area (Å²) < 4.78 is 23.3. The number of rotatable bonds is 6. The van der Waals surface area contributed by atoms with Crippen LogP contribution < -0.4 is 10.1 Å². The second-order valence-corrected chi connectivity index (χ2v) is 11.7. The van der Waals surface area contributed by atoms with Gasteiger partial charge >= 0.3 is 0 Å². The van der Waals surface area contributed by atoms with Crippen LogP contribution in [0.2, 0.25) is 0 Å². The fraction of sp³-hybridized carbons (Fsp3) is 0.382. The number of benzene rings is 2. The summed E-state index contributed by atoms with van der Waals surface area (Å²) in [4.78, 5) is 20.0. The molecule has 226 valence electrons. The number of nitriles is 1. The van der Waals surface area contributed by atoms with Gasteiger partial charge in [0.05, 0.1) is 55.3 Å². The summed E-state index contributed by atoms with van der Waals surface area (Å²) in [5, 5.41) is 23.7. The first-order valence-corrected chi connectivity index (χ1v) is 15.1. The largest absolute Gasteiger partial charge is 0.496 e. The Morgan fingerprint density at radius 3 is 2.59 bits per heavy atom. The van der Waals surface area contributed by atoms with Gasteiger partial charge in [0.1, 0.15) is 23.1 Å². The number of nitrogens with zero attached hydrogens (tertiary/aromatic N) is 3. The smallest absolute Gasteiger partial charge is 0.254 e. The molecule has 3 aliphatic heterocycles. The number of carbonyl (C=O) groups excluding carboxylic acids is 1. The standard InChI is InChI=1S/C34H34N4O6/c1-41-31-13-21(34(40)38-24-14-26(39)15-25(38)19-43-18-24)2-4-28(31)32-16-30-33(44-32)27(6-9-36-30)20-3-5-29(22(12-20)17-35)37-23-7-10-42-11-8-23/h2-6,9,12-13,16,23-26,37,39H,7-8,10-11,14-15,18-19H2,1H3. The Morgan fingerprint density at radius 2 is 1.84 bits per heavy atom. The van der Waals surface area contributed by atoms with Crippen LogP contribution in [0.4, 0.5) is 5.69 Å². The highest BCUT2D eigenvalue weighted by molar-refractivity contribution is 5.97. The monoisotopic (exact) mass is 594 g/mol. The molecule has 2 aromatic heterocycles. The molecule has 2 aromatic carbocycles. The van der Waals surface area contributed by atoms with Crippen molar-refractivity contribution in [1.29, 1.82) is 5.26 Å². The van der Waals surface area contributed by atoms with E-state index in [4.69, 9.17) is 18.6 Å². The van der Waals surface area contributed by atoms with Crippen LogP contribution in [0.25, 0.3) is 33.6 Å². The molecule has 5 heterocycles. The van der Waals surface area contributed by atoms with Gasteiger partial charge in [0.15, 0.2) is 5.58 Å². The zero-order chi connectivity index (χ0) is 30.2. The lowest BCUT2D eigenvalue weighted by molar-refractivity contribution is -0.0871. The van der Waals surface area contributed by atoms with Gasteiger partial charge in [0, 0.05) is 42.6 Å². The number of aliphatic hydroxyl groups is 1. The minimum absolute atomic E-state index is 0.100. The molecule has 7 rings (SSSR count). The van der Waals surface area contributed by atoms with Crippen LogP contribution in [0.3, 0.4) is 0 Å². The number of furan rings is 1. The zero-order valence-electron chi connectivity index (χ0n) is 24.5. The van der Waals surface area contributed by atoms with Crippen molar-refractivity contribution in [3.63, 3.8) is 0 Å². The summed E-state index contributed by atoms with van der Waals surface area (Å²) in [7, 11) is 1.57. The number of nitrogens with one attached hydrogen (secondary N) is 1. The molecule has 2 unspecified atom stereocenters. The van der Waals surface area contributed by atoms with E-state index in [0.29, 0.717) is 65.4 Å². The lowest BCUT2D eigenvalue weighted by Crippen LogP contribution is -2.60. The van der Waals surface area contributed by atoms with Crippen LogP contribution in [0.15, 0.2) is 59.1 Å². The van der Waals surface area contributed by atoms with Crippen molar-refractivity contribution in [2.24, 2.45) is 0 Å². The van der Waals surface area contributed by atoms with E-state index in [2.05, 4.69) is 16.4 Å². The number of aliphatic hydroxyl groups excluding tert-OH is 1. The normalized spacial score (nSPS) is 22.0. The quantitative estimate of drug-likeness (QED) is 0.317. The number of pyridine rings is 1. The number of aromatic nitrogens is 1. The molecule has 3 fully saturated rings. The van der Waals surface area contributed by atoms with E-state index in [9.17, 15) is 15.2 Å². The van der Waals surface area contributed by atoms with E-state index in [1.165, 1.54) is 0 Å². The first kappa shape index (κ1) is 28.3. The number of hydrogen-bond acceptors (Lipinski definition) is 9. The Balaban J connectivity index is 1.18. The summed E-state index contributed by atoms with van der Waals surface area (Å²) in [6.07, 6.45) is 4.15. The molecule has 2 N–H and O–H groups in total. The van der Waals surface area contributed by atoms with Crippen molar-refractivity contribution in [3.8, 4) is 34.3 Å². The lowest BCUT2D eigenvalue weighted by Gasteiger charge is -2.47. The van der Waals surface area contributed by atoms with Crippen LogP contribution in [-0.4, -0.2) is 78.7 Å².